The molecular formula is C17H26O3S. The molecule has 0 saturated heterocycles. The van der Waals surface area contributed by atoms with Crippen LogP contribution in [0, 0.1) is 0 Å². The van der Waals surface area contributed by atoms with Crippen LogP contribution in [0.1, 0.15) is 58.4 Å². The maximum absolute atomic E-state index is 10.4. The largest absolute Gasteiger partial charge is 0.508 e. The topological polar surface area (TPSA) is 57.5 Å². The number of aromatic hydroxyl groups is 1. The van der Waals surface area contributed by atoms with Crippen molar-refractivity contribution < 1.29 is 15.0 Å². The molecule has 1 aromatic carbocycles. The number of thioether (sulfide) groups is 1. The molecule has 0 saturated carbocycles. The number of hydrogen-bond acceptors (Lipinski definition) is 3. The summed E-state index contributed by atoms with van der Waals surface area (Å²) in [6, 6.07) is 5.59. The Hall–Kier alpha value is -1.16. The summed E-state index contributed by atoms with van der Waals surface area (Å²) >= 11 is 1.82. The zero-order chi connectivity index (χ0) is 15.9. The molecule has 0 radical (unpaired) electrons. The molecule has 0 unspecified atom stereocenters. The lowest BCUT2D eigenvalue weighted by Gasteiger charge is -2.22. The number of aliphatic carboxylic acids is 1. The summed E-state index contributed by atoms with van der Waals surface area (Å²) in [5.74, 6) is 0.641. The van der Waals surface area contributed by atoms with Crippen molar-refractivity contribution in [1.29, 1.82) is 0 Å². The van der Waals surface area contributed by atoms with Gasteiger partial charge in [0, 0.05) is 11.3 Å². The molecule has 2 N–H and O–H groups in total. The molecule has 1 aromatic rings. The summed E-state index contributed by atoms with van der Waals surface area (Å²) in [6.45, 7) is 6.45. The molecule has 0 atom stereocenters. The van der Waals surface area contributed by atoms with Gasteiger partial charge in [-0.3, -0.25) is 4.79 Å². The molecule has 118 valence electrons. The van der Waals surface area contributed by atoms with Crippen molar-refractivity contribution in [2.24, 2.45) is 0 Å². The standard InChI is InChI=1S/C17H26O3S/c1-17(2,3)14-12-13(18)9-10-15(14)21-11-7-5-4-6-8-16(19)20/h9-10,12,18H,4-8,11H2,1-3H3,(H,19,20). The van der Waals surface area contributed by atoms with Crippen LogP contribution in [-0.4, -0.2) is 21.9 Å². The van der Waals surface area contributed by atoms with Gasteiger partial charge < -0.3 is 10.2 Å². The maximum atomic E-state index is 10.4. The minimum Gasteiger partial charge on any atom is -0.508 e. The van der Waals surface area contributed by atoms with Crippen molar-refractivity contribution in [3.8, 4) is 5.75 Å². The monoisotopic (exact) mass is 310 g/mol. The Labute approximate surface area is 131 Å². The Balaban J connectivity index is 2.40. The molecular weight excluding hydrogens is 284 g/mol. The molecule has 0 aliphatic heterocycles. The first-order chi connectivity index (χ1) is 9.80. The summed E-state index contributed by atoms with van der Waals surface area (Å²) < 4.78 is 0. The molecule has 0 fully saturated rings. The van der Waals surface area contributed by atoms with Crippen LogP contribution in [-0.2, 0) is 10.2 Å². The van der Waals surface area contributed by atoms with Gasteiger partial charge in [-0.25, -0.2) is 0 Å². The predicted molar refractivity (Wildman–Crippen MR) is 88.3 cm³/mol. The van der Waals surface area contributed by atoms with Gasteiger partial charge in [-0.1, -0.05) is 33.6 Å². The highest BCUT2D eigenvalue weighted by Gasteiger charge is 2.18. The van der Waals surface area contributed by atoms with Crippen LogP contribution in [0.25, 0.3) is 0 Å². The van der Waals surface area contributed by atoms with Crippen LogP contribution in [0.2, 0.25) is 0 Å². The van der Waals surface area contributed by atoms with E-state index in [-0.39, 0.29) is 11.8 Å². The number of carbonyl (C=O) groups is 1. The lowest BCUT2D eigenvalue weighted by atomic mass is 9.87. The molecule has 0 aliphatic carbocycles. The van der Waals surface area contributed by atoms with E-state index in [0.717, 1.165) is 31.4 Å². The Morgan fingerprint density at radius 1 is 1.14 bits per heavy atom. The van der Waals surface area contributed by atoms with Crippen LogP contribution in [0.15, 0.2) is 23.1 Å². The molecule has 0 heterocycles. The number of rotatable bonds is 8. The minimum absolute atomic E-state index is 0.0164. The Bertz CT molecular complexity index is 464. The van der Waals surface area contributed by atoms with E-state index in [1.165, 1.54) is 10.5 Å². The minimum atomic E-state index is -0.705. The van der Waals surface area contributed by atoms with Crippen molar-refractivity contribution in [3.05, 3.63) is 23.8 Å². The first-order valence-electron chi connectivity index (χ1n) is 7.49. The molecule has 1 rings (SSSR count). The molecule has 0 aromatic heterocycles. The van der Waals surface area contributed by atoms with E-state index in [1.54, 1.807) is 6.07 Å². The zero-order valence-electron chi connectivity index (χ0n) is 13.2. The highest BCUT2D eigenvalue weighted by Crippen LogP contribution is 2.35. The van der Waals surface area contributed by atoms with Gasteiger partial charge in [0.15, 0.2) is 0 Å². The summed E-state index contributed by atoms with van der Waals surface area (Å²) in [5.41, 5.74) is 1.20. The van der Waals surface area contributed by atoms with Gasteiger partial charge in [0.2, 0.25) is 0 Å². The van der Waals surface area contributed by atoms with Gasteiger partial charge in [-0.2, -0.15) is 0 Å². The first kappa shape index (κ1) is 17.9. The van der Waals surface area contributed by atoms with Crippen molar-refractivity contribution in [1.82, 2.24) is 0 Å². The van der Waals surface area contributed by atoms with Crippen LogP contribution in [0.3, 0.4) is 0 Å². The second-order valence-corrected chi connectivity index (χ2v) is 7.47. The lowest BCUT2D eigenvalue weighted by Crippen LogP contribution is -2.12. The molecule has 0 aliphatic rings. The third-order valence-electron chi connectivity index (χ3n) is 3.31. The van der Waals surface area contributed by atoms with Crippen LogP contribution >= 0.6 is 11.8 Å². The number of carboxylic acid groups (broad SMARTS) is 1. The van der Waals surface area contributed by atoms with Crippen LogP contribution in [0.4, 0.5) is 0 Å². The first-order valence-corrected chi connectivity index (χ1v) is 8.47. The van der Waals surface area contributed by atoms with E-state index in [1.807, 2.05) is 23.9 Å². The van der Waals surface area contributed by atoms with E-state index >= 15 is 0 Å². The van der Waals surface area contributed by atoms with Gasteiger partial charge in [-0.15, -0.1) is 11.8 Å². The van der Waals surface area contributed by atoms with Gasteiger partial charge >= 0.3 is 5.97 Å². The smallest absolute Gasteiger partial charge is 0.303 e. The SMILES string of the molecule is CC(C)(C)c1cc(O)ccc1SCCCCCCC(=O)O. The van der Waals surface area contributed by atoms with Crippen LogP contribution in [0.5, 0.6) is 5.75 Å². The Morgan fingerprint density at radius 2 is 1.81 bits per heavy atom. The predicted octanol–water partition coefficient (Wildman–Crippen LogP) is 4.82. The van der Waals surface area contributed by atoms with E-state index < -0.39 is 5.97 Å². The number of phenols is 1. The van der Waals surface area contributed by atoms with Gasteiger partial charge in [0.05, 0.1) is 0 Å². The second-order valence-electron chi connectivity index (χ2n) is 6.34. The Kier molecular flexibility index (Phi) is 7.09. The van der Waals surface area contributed by atoms with E-state index in [0.29, 0.717) is 5.75 Å². The average molecular weight is 310 g/mol. The van der Waals surface area contributed by atoms with Crippen molar-refractivity contribution in [3.63, 3.8) is 0 Å². The molecule has 4 heteroatoms. The van der Waals surface area contributed by atoms with E-state index in [2.05, 4.69) is 20.8 Å². The highest BCUT2D eigenvalue weighted by atomic mass is 32.2. The number of phenolic OH excluding ortho intramolecular Hbond substituents is 1. The van der Waals surface area contributed by atoms with Gasteiger partial charge in [0.25, 0.3) is 0 Å². The number of benzene rings is 1. The summed E-state index contributed by atoms with van der Waals surface area (Å²) in [4.78, 5) is 11.6. The normalized spacial score (nSPS) is 11.6. The number of hydrogen-bond donors (Lipinski definition) is 2. The Morgan fingerprint density at radius 3 is 2.43 bits per heavy atom. The fraction of sp³-hybridized carbons (Fsp3) is 0.588. The van der Waals surface area contributed by atoms with Crippen molar-refractivity contribution >= 4 is 17.7 Å². The maximum Gasteiger partial charge on any atom is 0.303 e. The highest BCUT2D eigenvalue weighted by molar-refractivity contribution is 7.99. The molecule has 0 amide bonds. The summed E-state index contributed by atoms with van der Waals surface area (Å²) in [5, 5.41) is 18.2. The fourth-order valence-corrected chi connectivity index (χ4v) is 3.40. The third kappa shape index (κ3) is 6.89. The van der Waals surface area contributed by atoms with Gasteiger partial charge in [-0.05, 0) is 47.8 Å². The summed E-state index contributed by atoms with van der Waals surface area (Å²) in [6.07, 6.45) is 4.19. The molecule has 3 nitrogen and oxygen atoms in total. The van der Waals surface area contributed by atoms with Crippen LogP contribution < -0.4 is 0 Å². The zero-order valence-corrected chi connectivity index (χ0v) is 14.0. The summed E-state index contributed by atoms with van der Waals surface area (Å²) in [7, 11) is 0. The molecule has 0 bridgehead atoms. The van der Waals surface area contributed by atoms with Crippen molar-refractivity contribution in [2.45, 2.75) is 63.2 Å². The number of unbranched alkanes of at least 4 members (excludes halogenated alkanes) is 3. The average Bonchev–Trinajstić information content (AvgIpc) is 2.37. The quantitative estimate of drug-likeness (QED) is 0.534. The van der Waals surface area contributed by atoms with Gasteiger partial charge in [0.1, 0.15) is 5.75 Å². The number of carboxylic acids is 1. The lowest BCUT2D eigenvalue weighted by molar-refractivity contribution is -0.137. The third-order valence-corrected chi connectivity index (χ3v) is 4.47. The van der Waals surface area contributed by atoms with E-state index in [4.69, 9.17) is 5.11 Å². The van der Waals surface area contributed by atoms with Crippen molar-refractivity contribution in [2.75, 3.05) is 5.75 Å². The van der Waals surface area contributed by atoms with E-state index in [9.17, 15) is 9.90 Å². The fourth-order valence-electron chi connectivity index (χ4n) is 2.14. The molecule has 0 spiro atoms. The second kappa shape index (κ2) is 8.32. The molecule has 21 heavy (non-hydrogen) atoms.